The van der Waals surface area contributed by atoms with Crippen molar-refractivity contribution in [2.24, 2.45) is 34.2 Å². The number of hydrogen-bond acceptors (Lipinski definition) is 9. The number of methoxy groups -OCH3 is 1. The molecule has 0 aromatic heterocycles. The minimum Gasteiger partial charge on any atom is -0.461 e. The molecule has 1 fully saturated rings. The summed E-state index contributed by atoms with van der Waals surface area (Å²) in [6.45, 7) is 15.3. The summed E-state index contributed by atoms with van der Waals surface area (Å²) in [6, 6.07) is 0. The molecular formula is C26H49NO8. The lowest BCUT2D eigenvalue weighted by atomic mass is 9.70. The van der Waals surface area contributed by atoms with Crippen LogP contribution in [0.5, 0.6) is 0 Å². The smallest absolute Gasteiger partial charge is 0.311 e. The van der Waals surface area contributed by atoms with Gasteiger partial charge < -0.3 is 34.4 Å². The zero-order valence-electron chi connectivity index (χ0n) is 23.1. The van der Waals surface area contributed by atoms with Crippen molar-refractivity contribution in [1.29, 1.82) is 0 Å². The fourth-order valence-electron chi connectivity index (χ4n) is 5.26. The van der Waals surface area contributed by atoms with E-state index >= 15 is 0 Å². The third kappa shape index (κ3) is 8.97. The molecule has 0 radical (unpaired) electrons. The quantitative estimate of drug-likeness (QED) is 0.209. The minimum absolute atomic E-state index is 0.0709. The maximum Gasteiger partial charge on any atom is 0.311 e. The Balaban J connectivity index is 3.37. The first-order chi connectivity index (χ1) is 16.2. The molecule has 1 unspecified atom stereocenters. The second-order valence-electron chi connectivity index (χ2n) is 11.1. The summed E-state index contributed by atoms with van der Waals surface area (Å²) in [6.07, 6.45) is -1.35. The van der Waals surface area contributed by atoms with Crippen LogP contribution in [0.2, 0.25) is 0 Å². The second kappa shape index (κ2) is 13.9. The van der Waals surface area contributed by atoms with Crippen molar-refractivity contribution in [2.75, 3.05) is 27.1 Å². The first-order valence-electron chi connectivity index (χ1n) is 12.7. The van der Waals surface area contributed by atoms with Crippen molar-refractivity contribution in [1.82, 2.24) is 0 Å². The molecule has 0 amide bonds. The number of nitrogens with zero attached hydrogens (tertiary/aromatic N) is 1. The molecule has 9 nitrogen and oxygen atoms in total. The molecule has 0 saturated carbocycles. The Labute approximate surface area is 211 Å². The maximum absolute atomic E-state index is 12.9. The zero-order valence-corrected chi connectivity index (χ0v) is 23.1. The van der Waals surface area contributed by atoms with Gasteiger partial charge in [0, 0.05) is 24.4 Å². The molecule has 0 spiro atoms. The average Bonchev–Trinajstić information content (AvgIpc) is 2.78. The zero-order chi connectivity index (χ0) is 27.0. The molecule has 35 heavy (non-hydrogen) atoms. The van der Waals surface area contributed by atoms with Gasteiger partial charge in [-0.05, 0) is 39.0 Å². The Bertz CT molecular complexity index is 680. The lowest BCUT2D eigenvalue weighted by Crippen LogP contribution is -2.50. The number of hydrogen-bond donors (Lipinski definition) is 3. The van der Waals surface area contributed by atoms with Crippen LogP contribution >= 0.6 is 0 Å². The van der Waals surface area contributed by atoms with Crippen molar-refractivity contribution < 1.29 is 39.2 Å². The lowest BCUT2D eigenvalue weighted by molar-refractivity contribution is -0.172. The van der Waals surface area contributed by atoms with Gasteiger partial charge in [-0.25, -0.2) is 0 Å². The molecule has 206 valence electrons. The molecule has 1 aliphatic heterocycles. The highest BCUT2D eigenvalue weighted by Gasteiger charge is 2.45. The van der Waals surface area contributed by atoms with Gasteiger partial charge in [-0.15, -0.1) is 0 Å². The molecular weight excluding hydrogens is 454 g/mol. The number of aliphatic hydroxyl groups is 3. The summed E-state index contributed by atoms with van der Waals surface area (Å²) in [5, 5.41) is 37.8. The van der Waals surface area contributed by atoms with E-state index in [1.54, 1.807) is 21.0 Å². The highest BCUT2D eigenvalue weighted by molar-refractivity contribution is 5.88. The molecule has 8 atom stereocenters. The number of oxime groups is 1. The van der Waals surface area contributed by atoms with Crippen LogP contribution < -0.4 is 0 Å². The van der Waals surface area contributed by atoms with Crippen LogP contribution in [0.1, 0.15) is 74.7 Å². The van der Waals surface area contributed by atoms with Gasteiger partial charge in [0.05, 0.1) is 42.7 Å². The summed E-state index contributed by atoms with van der Waals surface area (Å²) in [4.78, 5) is 18.3. The minimum atomic E-state index is -1.14. The van der Waals surface area contributed by atoms with Crippen LogP contribution in [0.4, 0.5) is 0 Å². The predicted octanol–water partition coefficient (Wildman–Crippen LogP) is 3.14. The van der Waals surface area contributed by atoms with Gasteiger partial charge in [-0.2, -0.15) is 0 Å². The molecule has 1 aliphatic rings. The van der Waals surface area contributed by atoms with E-state index in [2.05, 4.69) is 5.16 Å². The van der Waals surface area contributed by atoms with Crippen LogP contribution in [-0.4, -0.2) is 78.0 Å². The lowest BCUT2D eigenvalue weighted by Gasteiger charge is -2.42. The number of rotatable bonds is 7. The number of aliphatic hydroxyl groups excluding tert-OH is 2. The normalized spacial score (nSPS) is 38.6. The second-order valence-corrected chi connectivity index (χ2v) is 11.1. The van der Waals surface area contributed by atoms with E-state index < -0.39 is 47.1 Å². The largest absolute Gasteiger partial charge is 0.461 e. The molecule has 3 N–H and O–H groups in total. The molecule has 0 aromatic carbocycles. The van der Waals surface area contributed by atoms with E-state index in [-0.39, 0.29) is 25.0 Å². The van der Waals surface area contributed by atoms with Crippen LogP contribution in [-0.2, 0) is 23.8 Å². The first-order valence-corrected chi connectivity index (χ1v) is 12.7. The Hall–Kier alpha value is -1.26. The van der Waals surface area contributed by atoms with Crippen molar-refractivity contribution >= 4 is 11.7 Å². The molecule has 0 bridgehead atoms. The topological polar surface area (TPSA) is 127 Å². The van der Waals surface area contributed by atoms with Crippen LogP contribution in [0.15, 0.2) is 5.16 Å². The van der Waals surface area contributed by atoms with Crippen LogP contribution in [0.25, 0.3) is 0 Å². The molecule has 9 heteroatoms. The van der Waals surface area contributed by atoms with E-state index in [0.29, 0.717) is 31.8 Å². The average molecular weight is 504 g/mol. The predicted molar refractivity (Wildman–Crippen MR) is 134 cm³/mol. The fraction of sp³-hybridized carbons (Fsp3) is 0.923. The number of carbonyl (C=O) groups excluding carboxylic acids is 1. The third-order valence-corrected chi connectivity index (χ3v) is 7.38. The van der Waals surface area contributed by atoms with Gasteiger partial charge >= 0.3 is 5.97 Å². The molecule has 0 aromatic rings. The number of cyclic esters (lactones) is 1. The first kappa shape index (κ1) is 31.8. The summed E-state index contributed by atoms with van der Waals surface area (Å²) in [5.74, 6) is -2.31. The molecule has 1 heterocycles. The summed E-state index contributed by atoms with van der Waals surface area (Å²) >= 11 is 0. The van der Waals surface area contributed by atoms with E-state index in [9.17, 15) is 20.1 Å². The highest BCUT2D eigenvalue weighted by Crippen LogP contribution is 2.38. The SMILES string of the molecule is CC[C@H]1OC(=O)[C@H](C)[C@@H](O)[C@H](C)C[C@](C)(O)C[C@@H](C)/C(=N\OCOCCOC)C(C)[C@@H](O)C1(C)C. The molecule has 1 saturated heterocycles. The van der Waals surface area contributed by atoms with Gasteiger partial charge in [-0.3, -0.25) is 4.79 Å². The van der Waals surface area contributed by atoms with Gasteiger partial charge in [0.2, 0.25) is 6.79 Å². The molecule has 0 aliphatic carbocycles. The van der Waals surface area contributed by atoms with Crippen molar-refractivity contribution in [3.05, 3.63) is 0 Å². The highest BCUT2D eigenvalue weighted by atomic mass is 16.7. The van der Waals surface area contributed by atoms with Crippen molar-refractivity contribution in [3.63, 3.8) is 0 Å². The Morgan fingerprint density at radius 3 is 2.26 bits per heavy atom. The summed E-state index contributed by atoms with van der Waals surface area (Å²) < 4.78 is 16.1. The third-order valence-electron chi connectivity index (χ3n) is 7.38. The number of ether oxygens (including phenoxy) is 3. The monoisotopic (exact) mass is 503 g/mol. The van der Waals surface area contributed by atoms with Crippen molar-refractivity contribution in [2.45, 2.75) is 98.6 Å². The Morgan fingerprint density at radius 1 is 1.06 bits per heavy atom. The maximum atomic E-state index is 12.9. The van der Waals surface area contributed by atoms with Crippen LogP contribution in [0.3, 0.4) is 0 Å². The van der Waals surface area contributed by atoms with Crippen LogP contribution in [0, 0.1) is 29.1 Å². The van der Waals surface area contributed by atoms with E-state index in [0.717, 1.165) is 0 Å². The van der Waals surface area contributed by atoms with Gasteiger partial charge in [0.1, 0.15) is 6.10 Å². The van der Waals surface area contributed by atoms with E-state index in [1.807, 2.05) is 41.5 Å². The van der Waals surface area contributed by atoms with Crippen molar-refractivity contribution in [3.8, 4) is 0 Å². The Morgan fingerprint density at radius 2 is 1.69 bits per heavy atom. The van der Waals surface area contributed by atoms with E-state index in [1.165, 1.54) is 0 Å². The summed E-state index contributed by atoms with van der Waals surface area (Å²) in [5.41, 5.74) is -1.38. The summed E-state index contributed by atoms with van der Waals surface area (Å²) in [7, 11) is 1.58. The standard InChI is InChI=1S/C26H49NO8/c1-10-20-25(6,7)23(29)18(4)21(27-34-15-33-12-11-32-9)16(2)13-26(8,31)14-17(3)22(28)19(5)24(30)35-20/h16-20,22-23,28-29,31H,10-15H2,1-9H3/b27-21+/t16-,17-,18?,19-,20-,22+,23-,26-/m1/s1. The Kier molecular flexibility index (Phi) is 12.6. The van der Waals surface area contributed by atoms with Gasteiger partial charge in [0.15, 0.2) is 0 Å². The van der Waals surface area contributed by atoms with Gasteiger partial charge in [-0.1, -0.05) is 46.7 Å². The fourth-order valence-corrected chi connectivity index (χ4v) is 5.26. The number of esters is 1. The van der Waals surface area contributed by atoms with E-state index in [4.69, 9.17) is 19.0 Å². The van der Waals surface area contributed by atoms with Gasteiger partial charge in [0.25, 0.3) is 0 Å². The number of carbonyl (C=O) groups is 1. The molecule has 1 rings (SSSR count).